The number of benzene rings is 2. The fourth-order valence-corrected chi connectivity index (χ4v) is 2.44. The van der Waals surface area contributed by atoms with Gasteiger partial charge in [0.15, 0.2) is 17.3 Å². The van der Waals surface area contributed by atoms with Crippen LogP contribution in [0, 0.1) is 18.6 Å². The molecule has 0 unspecified atom stereocenters. The molecule has 0 saturated carbocycles. The standard InChI is InChI=1S/C18H12F5N3O/c1-10-2-5-12(6-3-10)26-16(18(21,22)23)13(9-24-26)17(27)25-11-4-7-14(19)15(20)8-11/h2-9H,1H3,(H,25,27). The van der Waals surface area contributed by atoms with E-state index in [1.165, 1.54) is 12.1 Å². The summed E-state index contributed by atoms with van der Waals surface area (Å²) in [4.78, 5) is 12.3. The predicted molar refractivity (Wildman–Crippen MR) is 87.6 cm³/mol. The molecule has 140 valence electrons. The van der Waals surface area contributed by atoms with Gasteiger partial charge >= 0.3 is 6.18 Å². The van der Waals surface area contributed by atoms with Gasteiger partial charge in [0.1, 0.15) is 0 Å². The number of halogens is 5. The van der Waals surface area contributed by atoms with Gasteiger partial charge in [0.25, 0.3) is 5.91 Å². The van der Waals surface area contributed by atoms with Gasteiger partial charge in [0, 0.05) is 11.8 Å². The number of carbonyl (C=O) groups excluding carboxylic acids is 1. The molecule has 1 aromatic heterocycles. The molecule has 0 aliphatic carbocycles. The lowest BCUT2D eigenvalue weighted by Gasteiger charge is -2.13. The Hall–Kier alpha value is -3.23. The third kappa shape index (κ3) is 3.81. The van der Waals surface area contributed by atoms with E-state index in [1.807, 2.05) is 0 Å². The normalized spacial score (nSPS) is 11.5. The maximum atomic E-state index is 13.6. The van der Waals surface area contributed by atoms with Crippen LogP contribution in [0.15, 0.2) is 48.7 Å². The highest BCUT2D eigenvalue weighted by atomic mass is 19.4. The highest BCUT2D eigenvalue weighted by Gasteiger charge is 2.40. The van der Waals surface area contributed by atoms with E-state index in [0.717, 1.165) is 23.9 Å². The van der Waals surface area contributed by atoms with Crippen LogP contribution in [0.3, 0.4) is 0 Å². The molecule has 0 aliphatic heterocycles. The first-order valence-corrected chi connectivity index (χ1v) is 7.65. The van der Waals surface area contributed by atoms with Crippen LogP contribution in [0.5, 0.6) is 0 Å². The number of aromatic nitrogens is 2. The number of anilines is 1. The Morgan fingerprint density at radius 3 is 2.30 bits per heavy atom. The Bertz CT molecular complexity index is 993. The zero-order valence-corrected chi connectivity index (χ0v) is 13.8. The molecular formula is C18H12F5N3O. The highest BCUT2D eigenvalue weighted by Crippen LogP contribution is 2.34. The molecule has 0 spiro atoms. The summed E-state index contributed by atoms with van der Waals surface area (Å²) < 4.78 is 67.5. The van der Waals surface area contributed by atoms with Crippen molar-refractivity contribution in [2.75, 3.05) is 5.32 Å². The Labute approximate surface area is 150 Å². The zero-order valence-electron chi connectivity index (χ0n) is 13.8. The maximum absolute atomic E-state index is 13.6. The zero-order chi connectivity index (χ0) is 19.8. The number of carbonyl (C=O) groups is 1. The van der Waals surface area contributed by atoms with Gasteiger partial charge in [-0.25, -0.2) is 13.5 Å². The van der Waals surface area contributed by atoms with Gasteiger partial charge in [0.05, 0.1) is 17.4 Å². The van der Waals surface area contributed by atoms with Crippen LogP contribution < -0.4 is 5.32 Å². The number of nitrogens with zero attached hydrogens (tertiary/aromatic N) is 2. The summed E-state index contributed by atoms with van der Waals surface area (Å²) in [6, 6.07) is 8.56. The number of nitrogens with one attached hydrogen (secondary N) is 1. The first-order valence-electron chi connectivity index (χ1n) is 7.65. The summed E-state index contributed by atoms with van der Waals surface area (Å²) in [5, 5.41) is 5.79. The monoisotopic (exact) mass is 381 g/mol. The van der Waals surface area contributed by atoms with Gasteiger partial charge in [0.2, 0.25) is 0 Å². The molecule has 27 heavy (non-hydrogen) atoms. The average molecular weight is 381 g/mol. The molecule has 0 aliphatic rings. The van der Waals surface area contributed by atoms with Gasteiger partial charge in [-0.3, -0.25) is 4.79 Å². The maximum Gasteiger partial charge on any atom is 0.434 e. The van der Waals surface area contributed by atoms with Gasteiger partial charge in [-0.05, 0) is 31.2 Å². The van der Waals surface area contributed by atoms with Crippen molar-refractivity contribution < 1.29 is 26.7 Å². The van der Waals surface area contributed by atoms with Crippen LogP contribution in [-0.2, 0) is 6.18 Å². The van der Waals surface area contributed by atoms with Crippen LogP contribution in [0.4, 0.5) is 27.6 Å². The first kappa shape index (κ1) is 18.6. The molecule has 0 saturated heterocycles. The van der Waals surface area contributed by atoms with Crippen molar-refractivity contribution in [2.24, 2.45) is 0 Å². The van der Waals surface area contributed by atoms with Crippen LogP contribution in [0.2, 0.25) is 0 Å². The fraction of sp³-hybridized carbons (Fsp3) is 0.111. The lowest BCUT2D eigenvalue weighted by molar-refractivity contribution is -0.143. The van der Waals surface area contributed by atoms with Crippen molar-refractivity contribution in [1.82, 2.24) is 9.78 Å². The minimum absolute atomic E-state index is 0.125. The van der Waals surface area contributed by atoms with Crippen LogP contribution in [0.25, 0.3) is 5.69 Å². The topological polar surface area (TPSA) is 46.9 Å². The Morgan fingerprint density at radius 2 is 1.70 bits per heavy atom. The molecule has 0 bridgehead atoms. The van der Waals surface area contributed by atoms with E-state index in [1.54, 1.807) is 19.1 Å². The van der Waals surface area contributed by atoms with E-state index >= 15 is 0 Å². The van der Waals surface area contributed by atoms with E-state index in [2.05, 4.69) is 10.4 Å². The lowest BCUT2D eigenvalue weighted by atomic mass is 10.2. The number of alkyl halides is 3. The molecule has 3 rings (SSSR count). The van der Waals surface area contributed by atoms with Crippen molar-refractivity contribution in [3.05, 3.63) is 77.1 Å². The molecule has 9 heteroatoms. The summed E-state index contributed by atoms with van der Waals surface area (Å²) in [5.74, 6) is -3.53. The number of amides is 1. The van der Waals surface area contributed by atoms with Crippen LogP contribution >= 0.6 is 0 Å². The molecule has 0 fully saturated rings. The molecule has 4 nitrogen and oxygen atoms in total. The van der Waals surface area contributed by atoms with Crippen molar-refractivity contribution in [2.45, 2.75) is 13.1 Å². The Kier molecular flexibility index (Phi) is 4.69. The molecule has 0 atom stereocenters. The quantitative estimate of drug-likeness (QED) is 0.667. The molecule has 2 aromatic carbocycles. The second-order valence-corrected chi connectivity index (χ2v) is 5.73. The van der Waals surface area contributed by atoms with E-state index < -0.39 is 35.0 Å². The van der Waals surface area contributed by atoms with E-state index in [4.69, 9.17) is 0 Å². The summed E-state index contributed by atoms with van der Waals surface area (Å²) in [5.41, 5.74) is -1.23. The van der Waals surface area contributed by atoms with Crippen LogP contribution in [0.1, 0.15) is 21.6 Å². The average Bonchev–Trinajstić information content (AvgIpc) is 3.04. The second-order valence-electron chi connectivity index (χ2n) is 5.73. The van der Waals surface area contributed by atoms with Crippen molar-refractivity contribution in [3.8, 4) is 5.69 Å². The Balaban J connectivity index is 2.01. The molecule has 3 aromatic rings. The first-order chi connectivity index (χ1) is 12.7. The number of rotatable bonds is 3. The van der Waals surface area contributed by atoms with Gasteiger partial charge < -0.3 is 5.32 Å². The molecule has 1 heterocycles. The third-order valence-electron chi connectivity index (χ3n) is 3.74. The van der Waals surface area contributed by atoms with Crippen molar-refractivity contribution in [1.29, 1.82) is 0 Å². The minimum atomic E-state index is -4.87. The number of hydrogen-bond donors (Lipinski definition) is 1. The molecule has 0 radical (unpaired) electrons. The summed E-state index contributed by atoms with van der Waals surface area (Å²) in [6.07, 6.45) is -4.10. The largest absolute Gasteiger partial charge is 0.434 e. The second kappa shape index (κ2) is 6.82. The van der Waals surface area contributed by atoms with Crippen LogP contribution in [-0.4, -0.2) is 15.7 Å². The molecular weight excluding hydrogens is 369 g/mol. The van der Waals surface area contributed by atoms with Crippen molar-refractivity contribution in [3.63, 3.8) is 0 Å². The fourth-order valence-electron chi connectivity index (χ4n) is 2.44. The highest BCUT2D eigenvalue weighted by molar-refractivity contribution is 6.05. The Morgan fingerprint density at radius 1 is 1.04 bits per heavy atom. The minimum Gasteiger partial charge on any atom is -0.322 e. The summed E-state index contributed by atoms with van der Waals surface area (Å²) in [6.45, 7) is 1.78. The number of aryl methyl sites for hydroxylation is 1. The van der Waals surface area contributed by atoms with Gasteiger partial charge in [-0.15, -0.1) is 0 Å². The van der Waals surface area contributed by atoms with E-state index in [-0.39, 0.29) is 11.4 Å². The molecule has 1 amide bonds. The smallest absolute Gasteiger partial charge is 0.322 e. The van der Waals surface area contributed by atoms with E-state index in [9.17, 15) is 26.7 Å². The van der Waals surface area contributed by atoms with Gasteiger partial charge in [-0.2, -0.15) is 18.3 Å². The summed E-state index contributed by atoms with van der Waals surface area (Å²) >= 11 is 0. The SMILES string of the molecule is Cc1ccc(-n2ncc(C(=O)Nc3ccc(F)c(F)c3)c2C(F)(F)F)cc1. The third-order valence-corrected chi connectivity index (χ3v) is 3.74. The van der Waals surface area contributed by atoms with Gasteiger partial charge in [-0.1, -0.05) is 17.7 Å². The van der Waals surface area contributed by atoms with Crippen molar-refractivity contribution >= 4 is 11.6 Å². The lowest BCUT2D eigenvalue weighted by Crippen LogP contribution is -2.20. The molecule has 1 N–H and O–H groups in total. The predicted octanol–water partition coefficient (Wildman–Crippen LogP) is 4.73. The summed E-state index contributed by atoms with van der Waals surface area (Å²) in [7, 11) is 0. The van der Waals surface area contributed by atoms with E-state index in [0.29, 0.717) is 10.7 Å². The number of hydrogen-bond acceptors (Lipinski definition) is 2.